The molecule has 0 heterocycles. The molecule has 1 N–H and O–H groups in total. The molecule has 0 aromatic rings. The zero-order valence-corrected chi connectivity index (χ0v) is 19.9. The summed E-state index contributed by atoms with van der Waals surface area (Å²) in [7, 11) is -4.03. The summed E-state index contributed by atoms with van der Waals surface area (Å²) < 4.78 is 21.6. The van der Waals surface area contributed by atoms with E-state index < -0.39 is 7.82 Å². The zero-order valence-electron chi connectivity index (χ0n) is 17.4. The minimum absolute atomic E-state index is 0.119. The quantitative estimate of drug-likeness (QED) is 0.322. The second kappa shape index (κ2) is 12.7. The third-order valence-corrected chi connectivity index (χ3v) is 7.03. The first-order valence-corrected chi connectivity index (χ1v) is 12.7. The lowest BCUT2D eigenvalue weighted by molar-refractivity contribution is -0.118. The summed E-state index contributed by atoms with van der Waals surface area (Å²) in [5, 5.41) is 0.281. The minimum Gasteiger partial charge on any atom is -0.302 e. The maximum atomic E-state index is 11.8. The lowest BCUT2D eigenvalue weighted by Crippen LogP contribution is -2.16. The Morgan fingerprint density at radius 2 is 1.11 bits per heavy atom. The van der Waals surface area contributed by atoms with Crippen LogP contribution in [0.25, 0.3) is 0 Å². The van der Waals surface area contributed by atoms with Crippen LogP contribution in [0.4, 0.5) is 0 Å². The van der Waals surface area contributed by atoms with Gasteiger partial charge in [-0.15, -0.1) is 0 Å². The molecule has 0 aliphatic carbocycles. The van der Waals surface area contributed by atoms with E-state index >= 15 is 0 Å². The Bertz CT molecular complexity index is 469. The van der Waals surface area contributed by atoms with E-state index in [0.717, 1.165) is 12.8 Å². The van der Waals surface area contributed by atoms with Gasteiger partial charge in [-0.2, -0.15) is 0 Å². The molecule has 0 unspecified atom stereocenters. The smallest absolute Gasteiger partial charge is 0.302 e. The second-order valence-corrected chi connectivity index (χ2v) is 11.9. The Labute approximate surface area is 172 Å². The number of phosphoric ester groups is 1. The summed E-state index contributed by atoms with van der Waals surface area (Å²) in [6.45, 7) is 11.5. The van der Waals surface area contributed by atoms with Gasteiger partial charge in [-0.25, -0.2) is 4.57 Å². The molecule has 0 fully saturated rings. The number of unbranched alkanes of at least 4 members (excludes halogenated alkanes) is 2. The van der Waals surface area contributed by atoms with E-state index in [4.69, 9.17) is 9.05 Å². The Balaban J connectivity index is 3.71. The molecular formula is C18H35O6PS2. The van der Waals surface area contributed by atoms with Crippen LogP contribution >= 0.6 is 31.3 Å². The Morgan fingerprint density at radius 1 is 0.778 bits per heavy atom. The van der Waals surface area contributed by atoms with Crippen LogP contribution < -0.4 is 0 Å². The van der Waals surface area contributed by atoms with Crippen molar-refractivity contribution in [2.24, 2.45) is 10.8 Å². The summed E-state index contributed by atoms with van der Waals surface area (Å²) >= 11 is 2.57. The average molecular weight is 443 g/mol. The van der Waals surface area contributed by atoms with Crippen LogP contribution in [-0.4, -0.2) is 39.8 Å². The van der Waals surface area contributed by atoms with Crippen molar-refractivity contribution in [3.05, 3.63) is 0 Å². The van der Waals surface area contributed by atoms with Gasteiger partial charge in [0.2, 0.25) is 0 Å². The minimum atomic E-state index is -4.03. The Hall–Kier alpha value is 0.150. The first-order chi connectivity index (χ1) is 12.3. The fourth-order valence-electron chi connectivity index (χ4n) is 1.57. The number of carbonyl (C=O) groups excluding carboxylic acids is 2. The maximum Gasteiger partial charge on any atom is 0.472 e. The van der Waals surface area contributed by atoms with Gasteiger partial charge in [0.05, 0.1) is 13.2 Å². The zero-order chi connectivity index (χ0) is 21.1. The molecule has 27 heavy (non-hydrogen) atoms. The molecule has 0 aromatic heterocycles. The van der Waals surface area contributed by atoms with Crippen LogP contribution in [0, 0.1) is 10.8 Å². The summed E-state index contributed by atoms with van der Waals surface area (Å²) in [4.78, 5) is 33.1. The van der Waals surface area contributed by atoms with Crippen LogP contribution in [0.15, 0.2) is 0 Å². The molecule has 0 atom stereocenters. The molecule has 0 saturated carbocycles. The SMILES string of the molecule is CC(C)(C)C(=O)SCCCCOP(=O)(O)OCCCCSC(=O)C(C)(C)C. The van der Waals surface area contributed by atoms with E-state index in [1.807, 2.05) is 41.5 Å². The van der Waals surface area contributed by atoms with E-state index in [0.29, 0.717) is 24.3 Å². The van der Waals surface area contributed by atoms with E-state index in [1.165, 1.54) is 23.5 Å². The highest BCUT2D eigenvalue weighted by molar-refractivity contribution is 8.14. The largest absolute Gasteiger partial charge is 0.472 e. The molecule has 0 aliphatic heterocycles. The number of rotatable bonds is 12. The highest BCUT2D eigenvalue weighted by atomic mass is 32.2. The summed E-state index contributed by atoms with van der Waals surface area (Å²) in [6, 6.07) is 0. The predicted octanol–water partition coefficient (Wildman–Crippen LogP) is 5.29. The van der Waals surface area contributed by atoms with Gasteiger partial charge in [-0.3, -0.25) is 18.6 Å². The summed E-state index contributed by atoms with van der Waals surface area (Å²) in [6.07, 6.45) is 2.63. The van der Waals surface area contributed by atoms with E-state index in [1.54, 1.807) is 0 Å². The first kappa shape index (κ1) is 27.1. The number of phosphoric acid groups is 1. The number of carbonyl (C=O) groups is 2. The molecule has 0 bridgehead atoms. The highest BCUT2D eigenvalue weighted by Crippen LogP contribution is 2.43. The lowest BCUT2D eigenvalue weighted by atomic mass is 9.99. The molecule has 0 saturated heterocycles. The van der Waals surface area contributed by atoms with Crippen LogP contribution in [0.3, 0.4) is 0 Å². The van der Waals surface area contributed by atoms with Crippen molar-refractivity contribution in [3.8, 4) is 0 Å². The molecule has 0 radical (unpaired) electrons. The van der Waals surface area contributed by atoms with Gasteiger partial charge in [0.1, 0.15) is 0 Å². The van der Waals surface area contributed by atoms with Crippen molar-refractivity contribution in [2.75, 3.05) is 24.7 Å². The van der Waals surface area contributed by atoms with Crippen molar-refractivity contribution in [1.29, 1.82) is 0 Å². The van der Waals surface area contributed by atoms with Gasteiger partial charge in [0.15, 0.2) is 10.2 Å². The second-order valence-electron chi connectivity index (χ2n) is 8.32. The fraction of sp³-hybridized carbons (Fsp3) is 0.889. The Kier molecular flexibility index (Phi) is 12.7. The van der Waals surface area contributed by atoms with Crippen LogP contribution in [0.1, 0.15) is 67.2 Å². The standard InChI is InChI=1S/C18H35O6PS2/c1-17(2,3)15(19)26-13-9-7-11-23-25(21,22)24-12-8-10-14-27-16(20)18(4,5)6/h7-14H2,1-6H3,(H,21,22). The maximum absolute atomic E-state index is 11.8. The molecule has 0 aromatic carbocycles. The summed E-state index contributed by atoms with van der Waals surface area (Å²) in [5.74, 6) is 1.34. The van der Waals surface area contributed by atoms with Crippen molar-refractivity contribution in [1.82, 2.24) is 0 Å². The normalized spacial score (nSPS) is 13.0. The molecule has 9 heteroatoms. The van der Waals surface area contributed by atoms with E-state index in [2.05, 4.69) is 0 Å². The third kappa shape index (κ3) is 14.8. The van der Waals surface area contributed by atoms with Crippen LogP contribution in [-0.2, 0) is 23.2 Å². The van der Waals surface area contributed by atoms with Crippen molar-refractivity contribution in [3.63, 3.8) is 0 Å². The average Bonchev–Trinajstić information content (AvgIpc) is 2.51. The van der Waals surface area contributed by atoms with Gasteiger partial charge in [0.25, 0.3) is 0 Å². The topological polar surface area (TPSA) is 89.9 Å². The Morgan fingerprint density at radius 3 is 1.41 bits per heavy atom. The molecular weight excluding hydrogens is 407 g/mol. The molecule has 0 aliphatic rings. The van der Waals surface area contributed by atoms with Gasteiger partial charge < -0.3 is 4.89 Å². The lowest BCUT2D eigenvalue weighted by Gasteiger charge is -2.16. The molecule has 6 nitrogen and oxygen atoms in total. The van der Waals surface area contributed by atoms with Crippen molar-refractivity contribution < 1.29 is 28.1 Å². The number of hydrogen-bond acceptors (Lipinski definition) is 7. The predicted molar refractivity (Wildman–Crippen MR) is 114 cm³/mol. The van der Waals surface area contributed by atoms with Crippen molar-refractivity contribution in [2.45, 2.75) is 67.2 Å². The fourth-order valence-corrected chi connectivity index (χ4v) is 4.30. The number of hydrogen-bond donors (Lipinski definition) is 1. The third-order valence-electron chi connectivity index (χ3n) is 3.28. The van der Waals surface area contributed by atoms with E-state index in [9.17, 15) is 19.0 Å². The van der Waals surface area contributed by atoms with Gasteiger partial charge >= 0.3 is 7.82 Å². The van der Waals surface area contributed by atoms with Gasteiger partial charge in [0, 0.05) is 22.3 Å². The monoisotopic (exact) mass is 442 g/mol. The summed E-state index contributed by atoms with van der Waals surface area (Å²) in [5.41, 5.74) is -0.706. The molecule has 0 amide bonds. The number of thioether (sulfide) groups is 2. The molecule has 0 rings (SSSR count). The molecule has 160 valence electrons. The van der Waals surface area contributed by atoms with Crippen molar-refractivity contribution >= 4 is 41.6 Å². The van der Waals surface area contributed by atoms with Gasteiger partial charge in [-0.1, -0.05) is 65.1 Å². The molecule has 0 spiro atoms. The van der Waals surface area contributed by atoms with Crippen LogP contribution in [0.2, 0.25) is 0 Å². The van der Waals surface area contributed by atoms with Gasteiger partial charge in [-0.05, 0) is 25.7 Å². The van der Waals surface area contributed by atoms with Crippen LogP contribution in [0.5, 0.6) is 0 Å². The first-order valence-electron chi connectivity index (χ1n) is 9.22. The highest BCUT2D eigenvalue weighted by Gasteiger charge is 2.23. The van der Waals surface area contributed by atoms with E-state index in [-0.39, 0.29) is 34.3 Å².